The van der Waals surface area contributed by atoms with Gasteiger partial charge in [-0.25, -0.2) is 0 Å². The summed E-state index contributed by atoms with van der Waals surface area (Å²) in [5.74, 6) is 1.50. The molecule has 0 aliphatic carbocycles. The second-order valence-electron chi connectivity index (χ2n) is 7.41. The highest BCUT2D eigenvalue weighted by molar-refractivity contribution is 7.17. The van der Waals surface area contributed by atoms with Gasteiger partial charge in [-0.1, -0.05) is 29.4 Å². The highest BCUT2D eigenvalue weighted by Gasteiger charge is 2.21. The quantitative estimate of drug-likeness (QED) is 0.412. The summed E-state index contributed by atoms with van der Waals surface area (Å²) in [7, 11) is 1.65. The van der Waals surface area contributed by atoms with Gasteiger partial charge in [0.05, 0.1) is 7.11 Å². The van der Waals surface area contributed by atoms with Gasteiger partial charge in [0, 0.05) is 18.7 Å². The fourth-order valence-corrected chi connectivity index (χ4v) is 3.92. The number of aliphatic hydroxyl groups is 1. The van der Waals surface area contributed by atoms with Crippen LogP contribution in [0.5, 0.6) is 11.5 Å². The lowest BCUT2D eigenvalue weighted by Crippen LogP contribution is -2.42. The van der Waals surface area contributed by atoms with E-state index in [9.17, 15) is 5.11 Å². The Hall–Kier alpha value is -2.87. The molecule has 0 radical (unpaired) electrons. The Kier molecular flexibility index (Phi) is 6.03. The van der Waals surface area contributed by atoms with E-state index in [1.807, 2.05) is 60.0 Å². The number of ether oxygens (including phenoxy) is 2. The molecule has 1 atom stereocenters. The third-order valence-corrected chi connectivity index (χ3v) is 5.63. The van der Waals surface area contributed by atoms with Gasteiger partial charge in [-0.05, 0) is 48.2 Å². The summed E-state index contributed by atoms with van der Waals surface area (Å²) >= 11 is 1.60. The molecule has 156 valence electrons. The zero-order valence-corrected chi connectivity index (χ0v) is 17.7. The Morgan fingerprint density at radius 1 is 1.13 bits per heavy atom. The molecule has 4 rings (SSSR count). The molecular formula is C23H24N2O4S. The molecular weight excluding hydrogens is 400 g/mol. The van der Waals surface area contributed by atoms with Crippen molar-refractivity contribution in [3.63, 3.8) is 0 Å². The van der Waals surface area contributed by atoms with Crippen molar-refractivity contribution >= 4 is 21.6 Å². The first kappa shape index (κ1) is 20.4. The summed E-state index contributed by atoms with van der Waals surface area (Å²) in [6.07, 6.45) is 0. The van der Waals surface area contributed by atoms with Crippen LogP contribution in [0.3, 0.4) is 0 Å². The van der Waals surface area contributed by atoms with Gasteiger partial charge >= 0.3 is 0 Å². The van der Waals surface area contributed by atoms with Gasteiger partial charge in [-0.2, -0.15) is 0 Å². The predicted molar refractivity (Wildman–Crippen MR) is 118 cm³/mol. The molecule has 6 nitrogen and oxygen atoms in total. The van der Waals surface area contributed by atoms with Gasteiger partial charge in [0.15, 0.2) is 5.58 Å². The van der Waals surface area contributed by atoms with E-state index in [0.29, 0.717) is 18.8 Å². The van der Waals surface area contributed by atoms with Crippen LogP contribution in [0.1, 0.15) is 12.5 Å². The highest BCUT2D eigenvalue weighted by atomic mass is 32.1. The van der Waals surface area contributed by atoms with Crippen LogP contribution < -0.4 is 14.8 Å². The maximum Gasteiger partial charge on any atom is 0.178 e. The minimum atomic E-state index is -1.02. The summed E-state index contributed by atoms with van der Waals surface area (Å²) in [5, 5.41) is 20.1. The molecule has 0 unspecified atom stereocenters. The van der Waals surface area contributed by atoms with Gasteiger partial charge in [0.2, 0.25) is 0 Å². The maximum atomic E-state index is 10.7. The van der Waals surface area contributed by atoms with Crippen molar-refractivity contribution in [2.24, 2.45) is 0 Å². The molecule has 0 saturated carbocycles. The molecule has 30 heavy (non-hydrogen) atoms. The first-order valence-electron chi connectivity index (χ1n) is 9.66. The van der Waals surface area contributed by atoms with Crippen LogP contribution in [0.4, 0.5) is 0 Å². The second kappa shape index (κ2) is 8.87. The summed E-state index contributed by atoms with van der Waals surface area (Å²) in [4.78, 5) is 0. The smallest absolute Gasteiger partial charge is 0.178 e. The van der Waals surface area contributed by atoms with E-state index in [2.05, 4.69) is 10.5 Å². The lowest BCUT2D eigenvalue weighted by atomic mass is 10.1. The summed E-state index contributed by atoms with van der Waals surface area (Å²) in [6.45, 7) is 2.97. The highest BCUT2D eigenvalue weighted by Crippen LogP contribution is 2.33. The first-order valence-corrected chi connectivity index (χ1v) is 10.5. The van der Waals surface area contributed by atoms with Gasteiger partial charge < -0.3 is 24.4 Å². The van der Waals surface area contributed by atoms with Crippen molar-refractivity contribution in [1.29, 1.82) is 0 Å². The van der Waals surface area contributed by atoms with E-state index < -0.39 is 5.60 Å². The van der Waals surface area contributed by atoms with E-state index in [1.165, 1.54) is 0 Å². The van der Waals surface area contributed by atoms with Crippen LogP contribution in [0.25, 0.3) is 21.5 Å². The predicted octanol–water partition coefficient (Wildman–Crippen LogP) is 4.48. The van der Waals surface area contributed by atoms with Crippen molar-refractivity contribution in [3.05, 3.63) is 65.5 Å². The van der Waals surface area contributed by atoms with Crippen LogP contribution in [-0.4, -0.2) is 36.1 Å². The standard InChI is InChI=1S/C23H24N2O4S/c1-23(26,14-24-13-16-6-8-18(27-2)9-7-16)15-28-19-5-3-4-17(12-19)21-22-20(29-25-21)10-11-30-22/h3-12,24,26H,13-15H2,1-2H3/t23-/m1/s1. The normalized spacial score (nSPS) is 13.3. The van der Waals surface area contributed by atoms with Crippen molar-refractivity contribution in [3.8, 4) is 22.8 Å². The monoisotopic (exact) mass is 424 g/mol. The Balaban J connectivity index is 1.32. The topological polar surface area (TPSA) is 76.8 Å². The summed E-state index contributed by atoms with van der Waals surface area (Å²) in [5.41, 5.74) is 2.61. The maximum absolute atomic E-state index is 10.7. The molecule has 4 aromatic rings. The Morgan fingerprint density at radius 2 is 1.97 bits per heavy atom. The summed E-state index contributed by atoms with van der Waals surface area (Å²) < 4.78 is 17.4. The number of fused-ring (bicyclic) bond motifs is 1. The first-order chi connectivity index (χ1) is 14.5. The number of benzene rings is 2. The zero-order valence-electron chi connectivity index (χ0n) is 16.9. The number of aromatic nitrogens is 1. The van der Waals surface area contributed by atoms with Crippen LogP contribution in [0, 0.1) is 0 Å². The molecule has 0 saturated heterocycles. The number of hydrogen-bond donors (Lipinski definition) is 2. The lowest BCUT2D eigenvalue weighted by Gasteiger charge is -2.24. The van der Waals surface area contributed by atoms with Crippen LogP contribution >= 0.6 is 11.3 Å². The third-order valence-electron chi connectivity index (χ3n) is 4.73. The molecule has 0 fully saturated rings. The molecule has 0 bridgehead atoms. The fourth-order valence-electron chi connectivity index (χ4n) is 3.10. The van der Waals surface area contributed by atoms with Gasteiger partial charge in [0.1, 0.15) is 34.1 Å². The van der Waals surface area contributed by atoms with Crippen molar-refractivity contribution in [2.75, 3.05) is 20.3 Å². The molecule has 7 heteroatoms. The van der Waals surface area contributed by atoms with E-state index in [1.54, 1.807) is 25.4 Å². The molecule has 2 aromatic heterocycles. The van der Waals surface area contributed by atoms with Crippen LogP contribution in [-0.2, 0) is 6.54 Å². The average Bonchev–Trinajstić information content (AvgIpc) is 3.37. The third kappa shape index (κ3) is 4.81. The van der Waals surface area contributed by atoms with Gasteiger partial charge in [-0.3, -0.25) is 0 Å². The SMILES string of the molecule is COc1ccc(CNC[C@@](C)(O)COc2cccc(-c3noc4ccsc34)c2)cc1. The molecule has 0 aliphatic heterocycles. The molecule has 0 aliphatic rings. The van der Waals surface area contributed by atoms with E-state index in [4.69, 9.17) is 14.0 Å². The number of nitrogens with one attached hydrogen (secondary N) is 1. The van der Waals surface area contributed by atoms with E-state index in [-0.39, 0.29) is 6.61 Å². The number of methoxy groups -OCH3 is 1. The number of thiophene rings is 1. The number of hydrogen-bond acceptors (Lipinski definition) is 7. The Bertz CT molecular complexity index is 1100. The second-order valence-corrected chi connectivity index (χ2v) is 8.33. The fraction of sp³-hybridized carbons (Fsp3) is 0.261. The zero-order chi connectivity index (χ0) is 21.0. The van der Waals surface area contributed by atoms with Crippen LogP contribution in [0.2, 0.25) is 0 Å². The molecule has 0 amide bonds. The number of rotatable bonds is 9. The van der Waals surface area contributed by atoms with Gasteiger partial charge in [-0.15, -0.1) is 11.3 Å². The minimum Gasteiger partial charge on any atom is -0.497 e. The molecule has 2 heterocycles. The van der Waals surface area contributed by atoms with Crippen molar-refractivity contribution in [1.82, 2.24) is 10.5 Å². The van der Waals surface area contributed by atoms with Crippen molar-refractivity contribution < 1.29 is 19.1 Å². The van der Waals surface area contributed by atoms with Crippen LogP contribution in [0.15, 0.2) is 64.5 Å². The Morgan fingerprint density at radius 3 is 2.77 bits per heavy atom. The van der Waals surface area contributed by atoms with Gasteiger partial charge in [0.25, 0.3) is 0 Å². The van der Waals surface area contributed by atoms with E-state index >= 15 is 0 Å². The largest absolute Gasteiger partial charge is 0.497 e. The van der Waals surface area contributed by atoms with Crippen molar-refractivity contribution in [2.45, 2.75) is 19.1 Å². The Labute approximate surface area is 179 Å². The van der Waals surface area contributed by atoms with E-state index in [0.717, 1.165) is 32.9 Å². The minimum absolute atomic E-state index is 0.166. The molecule has 0 spiro atoms. The lowest BCUT2D eigenvalue weighted by molar-refractivity contribution is 0.0121. The summed E-state index contributed by atoms with van der Waals surface area (Å²) in [6, 6.07) is 17.4. The molecule has 2 N–H and O–H groups in total. The average molecular weight is 425 g/mol. The molecule has 2 aromatic carbocycles. The number of nitrogens with zero attached hydrogens (tertiary/aromatic N) is 1.